The lowest BCUT2D eigenvalue weighted by molar-refractivity contribution is 1.08. The van der Waals surface area contributed by atoms with E-state index in [1.54, 1.807) is 0 Å². The van der Waals surface area contributed by atoms with Gasteiger partial charge in [0.1, 0.15) is 0 Å². The van der Waals surface area contributed by atoms with Gasteiger partial charge in [0.15, 0.2) is 5.82 Å². The van der Waals surface area contributed by atoms with E-state index in [-0.39, 0.29) is 11.2 Å². The van der Waals surface area contributed by atoms with Crippen LogP contribution in [0.3, 0.4) is 0 Å². The Morgan fingerprint density at radius 1 is 1.36 bits per heavy atom. The number of nitrogen functional groups attached to an aromatic ring is 1. The quantitative estimate of drug-likeness (QED) is 0.877. The predicted molar refractivity (Wildman–Crippen MR) is 60.3 cm³/mol. The van der Waals surface area contributed by atoms with Crippen LogP contribution in [0.5, 0.6) is 0 Å². The standard InChI is InChI=1S/C7H4BrClN4S/c8-3-1-2-14-4(3)5-11-6(9)13-7(10)12-5/h1-2H,(H2,10,11,12,13). The Morgan fingerprint density at radius 2 is 2.14 bits per heavy atom. The van der Waals surface area contributed by atoms with Crippen LogP contribution in [0, 0.1) is 0 Å². The zero-order valence-electron chi connectivity index (χ0n) is 6.74. The number of aromatic nitrogens is 3. The highest BCUT2D eigenvalue weighted by molar-refractivity contribution is 9.10. The number of thiophene rings is 1. The van der Waals surface area contributed by atoms with Gasteiger partial charge in [-0.3, -0.25) is 0 Å². The molecule has 0 unspecified atom stereocenters. The fourth-order valence-electron chi connectivity index (χ4n) is 0.920. The molecule has 0 bridgehead atoms. The number of rotatable bonds is 1. The van der Waals surface area contributed by atoms with Crippen molar-refractivity contribution in [1.82, 2.24) is 15.0 Å². The number of hydrogen-bond acceptors (Lipinski definition) is 5. The zero-order valence-corrected chi connectivity index (χ0v) is 9.90. The van der Waals surface area contributed by atoms with E-state index in [1.807, 2.05) is 11.4 Å². The Hall–Kier alpha value is -0.720. The summed E-state index contributed by atoms with van der Waals surface area (Å²) in [6.45, 7) is 0. The molecule has 2 heterocycles. The van der Waals surface area contributed by atoms with E-state index in [0.717, 1.165) is 9.35 Å². The third kappa shape index (κ3) is 1.87. The van der Waals surface area contributed by atoms with Gasteiger partial charge in [-0.15, -0.1) is 11.3 Å². The molecule has 2 N–H and O–H groups in total. The highest BCUT2D eigenvalue weighted by Crippen LogP contribution is 2.31. The maximum absolute atomic E-state index is 5.67. The lowest BCUT2D eigenvalue weighted by atomic mass is 10.4. The molecule has 2 aromatic heterocycles. The zero-order chi connectivity index (χ0) is 10.1. The number of anilines is 1. The molecule has 0 aliphatic heterocycles. The summed E-state index contributed by atoms with van der Waals surface area (Å²) < 4.78 is 0.921. The Bertz CT molecular complexity index is 452. The lowest BCUT2D eigenvalue weighted by Gasteiger charge is -1.98. The Balaban J connectivity index is 2.57. The van der Waals surface area contributed by atoms with Crippen LogP contribution in [0.2, 0.25) is 5.28 Å². The first-order chi connectivity index (χ1) is 6.66. The van der Waals surface area contributed by atoms with Gasteiger partial charge in [0.2, 0.25) is 11.2 Å². The number of hydrogen-bond donors (Lipinski definition) is 1. The fourth-order valence-corrected chi connectivity index (χ4v) is 2.57. The molecule has 0 saturated carbocycles. The van der Waals surface area contributed by atoms with Gasteiger partial charge in [-0.05, 0) is 39.0 Å². The average Bonchev–Trinajstić information content (AvgIpc) is 2.49. The van der Waals surface area contributed by atoms with Crippen molar-refractivity contribution in [3.05, 3.63) is 21.2 Å². The molecule has 2 rings (SSSR count). The van der Waals surface area contributed by atoms with E-state index in [9.17, 15) is 0 Å². The summed E-state index contributed by atoms with van der Waals surface area (Å²) in [5.74, 6) is 0.615. The molecular weight excluding hydrogens is 288 g/mol. The number of nitrogens with two attached hydrogens (primary N) is 1. The first-order valence-corrected chi connectivity index (χ1v) is 5.62. The summed E-state index contributed by atoms with van der Waals surface area (Å²) in [7, 11) is 0. The van der Waals surface area contributed by atoms with E-state index < -0.39 is 0 Å². The molecule has 0 spiro atoms. The van der Waals surface area contributed by atoms with E-state index in [0.29, 0.717) is 5.82 Å². The lowest BCUT2D eigenvalue weighted by Crippen LogP contribution is -1.99. The predicted octanol–water partition coefficient (Wildman–Crippen LogP) is 2.60. The van der Waals surface area contributed by atoms with Crippen LogP contribution < -0.4 is 5.73 Å². The van der Waals surface area contributed by atoms with Gasteiger partial charge in [0, 0.05) is 4.47 Å². The van der Waals surface area contributed by atoms with Crippen LogP contribution in [0.4, 0.5) is 5.95 Å². The van der Waals surface area contributed by atoms with Gasteiger partial charge < -0.3 is 5.73 Å². The minimum atomic E-state index is 0.104. The van der Waals surface area contributed by atoms with Crippen LogP contribution in [0.25, 0.3) is 10.7 Å². The average molecular weight is 292 g/mol. The second-order valence-corrected chi connectivity index (χ2v) is 4.49. The third-order valence-corrected chi connectivity index (χ3v) is 3.45. The van der Waals surface area contributed by atoms with Crippen molar-refractivity contribution in [2.75, 3.05) is 5.73 Å². The monoisotopic (exact) mass is 290 g/mol. The molecule has 0 aliphatic carbocycles. The molecule has 0 aliphatic rings. The van der Waals surface area contributed by atoms with Crippen molar-refractivity contribution in [1.29, 1.82) is 0 Å². The Kier molecular flexibility index (Phi) is 2.66. The van der Waals surface area contributed by atoms with Crippen molar-refractivity contribution >= 4 is 44.8 Å². The highest BCUT2D eigenvalue weighted by atomic mass is 79.9. The summed E-state index contributed by atoms with van der Waals surface area (Å²) in [5.41, 5.74) is 5.46. The smallest absolute Gasteiger partial charge is 0.227 e. The van der Waals surface area contributed by atoms with Gasteiger partial charge in [0.05, 0.1) is 4.88 Å². The molecule has 0 amide bonds. The Labute approximate surface area is 97.3 Å². The van der Waals surface area contributed by atoms with E-state index >= 15 is 0 Å². The van der Waals surface area contributed by atoms with Crippen LogP contribution in [-0.4, -0.2) is 15.0 Å². The second-order valence-electron chi connectivity index (χ2n) is 2.38. The van der Waals surface area contributed by atoms with E-state index in [2.05, 4.69) is 30.9 Å². The molecular formula is C7H4BrClN4S. The molecule has 0 atom stereocenters. The number of halogens is 2. The molecule has 4 nitrogen and oxygen atoms in total. The van der Waals surface area contributed by atoms with Crippen molar-refractivity contribution < 1.29 is 0 Å². The van der Waals surface area contributed by atoms with Crippen LogP contribution >= 0.6 is 38.9 Å². The van der Waals surface area contributed by atoms with Crippen molar-refractivity contribution in [2.24, 2.45) is 0 Å². The van der Waals surface area contributed by atoms with Gasteiger partial charge in [-0.2, -0.15) is 15.0 Å². The topological polar surface area (TPSA) is 64.7 Å². The largest absolute Gasteiger partial charge is 0.368 e. The van der Waals surface area contributed by atoms with Crippen LogP contribution in [-0.2, 0) is 0 Å². The molecule has 2 aromatic rings. The summed E-state index contributed by atoms with van der Waals surface area (Å²) in [5, 5.41) is 2.03. The van der Waals surface area contributed by atoms with Gasteiger partial charge in [-0.25, -0.2) is 0 Å². The summed E-state index contributed by atoms with van der Waals surface area (Å²) in [6, 6.07) is 1.91. The van der Waals surface area contributed by atoms with Gasteiger partial charge in [-0.1, -0.05) is 0 Å². The SMILES string of the molecule is Nc1nc(Cl)nc(-c2sccc2Br)n1. The van der Waals surface area contributed by atoms with Gasteiger partial charge >= 0.3 is 0 Å². The van der Waals surface area contributed by atoms with Crippen molar-refractivity contribution in [3.63, 3.8) is 0 Å². The second kappa shape index (κ2) is 3.80. The molecule has 0 radical (unpaired) electrons. The van der Waals surface area contributed by atoms with Crippen molar-refractivity contribution in [3.8, 4) is 10.7 Å². The first kappa shape index (κ1) is 9.82. The minimum absolute atomic E-state index is 0.104. The molecule has 0 aromatic carbocycles. The minimum Gasteiger partial charge on any atom is -0.368 e. The van der Waals surface area contributed by atoms with Crippen LogP contribution in [0.15, 0.2) is 15.9 Å². The third-order valence-electron chi connectivity index (χ3n) is 1.45. The van der Waals surface area contributed by atoms with E-state index in [4.69, 9.17) is 17.3 Å². The first-order valence-electron chi connectivity index (χ1n) is 3.57. The summed E-state index contributed by atoms with van der Waals surface area (Å²) in [6.07, 6.45) is 0. The molecule has 14 heavy (non-hydrogen) atoms. The van der Waals surface area contributed by atoms with E-state index in [1.165, 1.54) is 11.3 Å². The molecule has 0 fully saturated rings. The maximum atomic E-state index is 5.67. The van der Waals surface area contributed by atoms with Gasteiger partial charge in [0.25, 0.3) is 0 Å². The van der Waals surface area contributed by atoms with Crippen LogP contribution in [0.1, 0.15) is 0 Å². The summed E-state index contributed by atoms with van der Waals surface area (Å²) in [4.78, 5) is 12.5. The Morgan fingerprint density at radius 3 is 2.71 bits per heavy atom. The molecule has 7 heteroatoms. The number of nitrogens with zero attached hydrogens (tertiary/aromatic N) is 3. The summed E-state index contributed by atoms with van der Waals surface area (Å²) >= 11 is 10.6. The normalized spacial score (nSPS) is 10.4. The fraction of sp³-hybridized carbons (Fsp3) is 0. The molecule has 72 valence electrons. The molecule has 0 saturated heterocycles. The van der Waals surface area contributed by atoms with Crippen molar-refractivity contribution in [2.45, 2.75) is 0 Å². The highest BCUT2D eigenvalue weighted by Gasteiger charge is 2.09. The maximum Gasteiger partial charge on any atom is 0.227 e.